The summed E-state index contributed by atoms with van der Waals surface area (Å²) in [6.07, 6.45) is 19.8. The molecule has 1 saturated heterocycles. The van der Waals surface area contributed by atoms with Gasteiger partial charge in [0, 0.05) is 40.8 Å². The molecule has 3 heterocycles. The van der Waals surface area contributed by atoms with Gasteiger partial charge >= 0.3 is 5.97 Å². The van der Waals surface area contributed by atoms with E-state index in [9.17, 15) is 10.0 Å². The third-order valence-corrected chi connectivity index (χ3v) is 6.57. The predicted octanol–water partition coefficient (Wildman–Crippen LogP) is 6.11. The first-order valence-corrected chi connectivity index (χ1v) is 14.5. The highest BCUT2D eigenvalue weighted by Gasteiger charge is 2.17. The molecule has 0 saturated carbocycles. The fourth-order valence-electron chi connectivity index (χ4n) is 4.08. The number of esters is 1. The lowest BCUT2D eigenvalue weighted by atomic mass is 10.0. The Hall–Kier alpha value is -2.46. The zero-order valence-corrected chi connectivity index (χ0v) is 24.2. The molecule has 0 amide bonds. The van der Waals surface area contributed by atoms with E-state index < -0.39 is 0 Å². The Labute approximate surface area is 228 Å². The normalized spacial score (nSPS) is 12.6. The van der Waals surface area contributed by atoms with E-state index in [0.717, 1.165) is 31.1 Å². The van der Waals surface area contributed by atoms with Crippen LogP contribution in [0.4, 0.5) is 11.8 Å². The van der Waals surface area contributed by atoms with Crippen LogP contribution >= 0.6 is 0 Å². The van der Waals surface area contributed by atoms with Gasteiger partial charge in [-0.1, -0.05) is 84.0 Å². The van der Waals surface area contributed by atoms with Gasteiger partial charge in [-0.2, -0.15) is 9.97 Å². The molecule has 2 aromatic rings. The summed E-state index contributed by atoms with van der Waals surface area (Å²) in [5.41, 5.74) is 0.950. The fraction of sp³-hybridized carbons (Fsp3) is 0.786. The summed E-state index contributed by atoms with van der Waals surface area (Å²) in [5, 5.41) is 10.8. The minimum absolute atomic E-state index is 0.0340. The molecule has 0 atom stereocenters. The highest BCUT2D eigenvalue weighted by atomic mass is 16.5. The lowest BCUT2D eigenvalue weighted by Gasteiger charge is -2.15. The second-order valence-corrected chi connectivity index (χ2v) is 10.3. The SMILES string of the molecule is C1COC1.CCCCCCCCCCCCCCCC(=O)OCn1cnc2c(N(C)O)nc(N(C)C)nc21. The Morgan fingerprint density at radius 3 is 1.95 bits per heavy atom. The number of anilines is 2. The number of unbranched alkanes of at least 4 members (excludes halogenated alkanes) is 12. The van der Waals surface area contributed by atoms with Crippen molar-refractivity contribution in [2.45, 2.75) is 110 Å². The Morgan fingerprint density at radius 2 is 1.47 bits per heavy atom. The molecule has 2 aromatic heterocycles. The van der Waals surface area contributed by atoms with Gasteiger partial charge in [-0.25, -0.2) is 10.0 Å². The molecule has 0 spiro atoms. The summed E-state index contributed by atoms with van der Waals surface area (Å²) in [5.74, 6) is 0.514. The number of aromatic nitrogens is 4. The minimum Gasteiger partial charge on any atom is -0.444 e. The molecule has 0 unspecified atom stereocenters. The van der Waals surface area contributed by atoms with Crippen molar-refractivity contribution in [3.05, 3.63) is 6.33 Å². The highest BCUT2D eigenvalue weighted by molar-refractivity contribution is 5.84. The van der Waals surface area contributed by atoms with Gasteiger partial charge in [0.05, 0.1) is 6.33 Å². The quantitative estimate of drug-likeness (QED) is 0.138. The standard InChI is InChI=1S/C25H44N6O3.C3H6O/c1-5-6-7-8-9-10-11-12-13-14-15-16-17-18-21(32)34-20-31-19-26-22-23(30(4)33)27-25(29(2)3)28-24(22)31;1-2-4-3-1/h19,33H,5-18,20H2,1-4H3;1-3H2. The van der Waals surface area contributed by atoms with E-state index in [4.69, 9.17) is 9.47 Å². The molecule has 10 heteroatoms. The van der Waals surface area contributed by atoms with E-state index in [-0.39, 0.29) is 12.7 Å². The smallest absolute Gasteiger partial charge is 0.307 e. The van der Waals surface area contributed by atoms with Crippen molar-refractivity contribution in [1.29, 1.82) is 0 Å². The maximum atomic E-state index is 12.2. The van der Waals surface area contributed by atoms with Crippen molar-refractivity contribution in [1.82, 2.24) is 19.5 Å². The molecular weight excluding hydrogens is 484 g/mol. The number of imidazole rings is 1. The van der Waals surface area contributed by atoms with Crippen molar-refractivity contribution >= 4 is 28.9 Å². The summed E-state index contributed by atoms with van der Waals surface area (Å²) in [4.78, 5) is 27.0. The lowest BCUT2D eigenvalue weighted by Crippen LogP contribution is -2.18. The van der Waals surface area contributed by atoms with E-state index in [1.165, 1.54) is 84.1 Å². The van der Waals surface area contributed by atoms with Crippen LogP contribution in [0.15, 0.2) is 6.33 Å². The molecule has 38 heavy (non-hydrogen) atoms. The third-order valence-electron chi connectivity index (χ3n) is 6.57. The maximum Gasteiger partial charge on any atom is 0.307 e. The number of carbonyl (C=O) groups excluding carboxylic acids is 1. The zero-order chi connectivity index (χ0) is 27.6. The highest BCUT2D eigenvalue weighted by Crippen LogP contribution is 2.23. The molecule has 1 aliphatic rings. The summed E-state index contributed by atoms with van der Waals surface area (Å²) >= 11 is 0. The number of carbonyl (C=O) groups is 1. The van der Waals surface area contributed by atoms with E-state index in [1.807, 2.05) is 14.1 Å². The van der Waals surface area contributed by atoms with Crippen molar-refractivity contribution in [3.63, 3.8) is 0 Å². The zero-order valence-electron chi connectivity index (χ0n) is 24.2. The topological polar surface area (TPSA) is 106 Å². The Balaban J connectivity index is 0.00000115. The summed E-state index contributed by atoms with van der Waals surface area (Å²) in [7, 11) is 5.12. The molecule has 1 aliphatic heterocycles. The molecule has 0 radical (unpaired) electrons. The first-order valence-electron chi connectivity index (χ1n) is 14.5. The molecule has 10 nitrogen and oxygen atoms in total. The van der Waals surface area contributed by atoms with Gasteiger partial charge in [0.2, 0.25) is 5.95 Å². The molecule has 0 aromatic carbocycles. The second kappa shape index (κ2) is 18.7. The van der Waals surface area contributed by atoms with E-state index in [2.05, 4.69) is 21.9 Å². The molecular formula is C28H50N6O4. The average molecular weight is 535 g/mol. The van der Waals surface area contributed by atoms with Gasteiger partial charge < -0.3 is 14.4 Å². The van der Waals surface area contributed by atoms with E-state index >= 15 is 0 Å². The second-order valence-electron chi connectivity index (χ2n) is 10.3. The number of rotatable bonds is 18. The fourth-order valence-corrected chi connectivity index (χ4v) is 4.08. The average Bonchev–Trinajstić information content (AvgIpc) is 3.26. The number of ether oxygens (including phenoxy) is 2. The monoisotopic (exact) mass is 534 g/mol. The van der Waals surface area contributed by atoms with Crippen molar-refractivity contribution < 1.29 is 19.5 Å². The van der Waals surface area contributed by atoms with E-state index in [0.29, 0.717) is 29.4 Å². The summed E-state index contributed by atoms with van der Waals surface area (Å²) in [6, 6.07) is 0. The number of hydroxylamine groups is 1. The first-order chi connectivity index (χ1) is 18.4. The van der Waals surface area contributed by atoms with Crippen LogP contribution in [0.2, 0.25) is 0 Å². The summed E-state index contributed by atoms with van der Waals surface area (Å²) in [6.45, 7) is 4.29. The predicted molar refractivity (Wildman–Crippen MR) is 152 cm³/mol. The Morgan fingerprint density at radius 1 is 0.947 bits per heavy atom. The van der Waals surface area contributed by atoms with E-state index in [1.54, 1.807) is 15.8 Å². The molecule has 0 aliphatic carbocycles. The van der Waals surface area contributed by atoms with Gasteiger partial charge in [0.25, 0.3) is 0 Å². The van der Waals surface area contributed by atoms with Crippen LogP contribution in [-0.2, 0) is 21.0 Å². The van der Waals surface area contributed by atoms with Gasteiger partial charge in [0.1, 0.15) is 0 Å². The van der Waals surface area contributed by atoms with Crippen LogP contribution in [0.3, 0.4) is 0 Å². The van der Waals surface area contributed by atoms with Crippen molar-refractivity contribution in [2.24, 2.45) is 0 Å². The van der Waals surface area contributed by atoms with Crippen LogP contribution in [0, 0.1) is 0 Å². The number of hydrogen-bond donors (Lipinski definition) is 1. The van der Waals surface area contributed by atoms with Crippen LogP contribution < -0.4 is 9.96 Å². The lowest BCUT2D eigenvalue weighted by molar-refractivity contribution is -0.147. The van der Waals surface area contributed by atoms with Crippen LogP contribution in [-0.4, -0.2) is 65.1 Å². The first kappa shape index (κ1) is 31.8. The van der Waals surface area contributed by atoms with Crippen molar-refractivity contribution in [3.8, 4) is 0 Å². The number of nitrogens with zero attached hydrogens (tertiary/aromatic N) is 6. The minimum atomic E-state index is -0.216. The maximum absolute atomic E-state index is 12.2. The van der Waals surface area contributed by atoms with Crippen molar-refractivity contribution in [2.75, 3.05) is 44.3 Å². The van der Waals surface area contributed by atoms with Crippen LogP contribution in [0.1, 0.15) is 103 Å². The van der Waals surface area contributed by atoms with Crippen LogP contribution in [0.25, 0.3) is 11.2 Å². The number of hydrogen-bond acceptors (Lipinski definition) is 9. The third kappa shape index (κ3) is 11.9. The molecule has 1 N–H and O–H groups in total. The van der Waals surface area contributed by atoms with Crippen LogP contribution in [0.5, 0.6) is 0 Å². The largest absolute Gasteiger partial charge is 0.444 e. The van der Waals surface area contributed by atoms with Gasteiger partial charge in [-0.15, -0.1) is 0 Å². The molecule has 216 valence electrons. The Bertz CT molecular complexity index is 910. The molecule has 1 fully saturated rings. The van der Waals surface area contributed by atoms with Gasteiger partial charge in [-0.3, -0.25) is 14.6 Å². The van der Waals surface area contributed by atoms with Gasteiger partial charge in [0.15, 0.2) is 23.7 Å². The van der Waals surface area contributed by atoms with Gasteiger partial charge in [-0.05, 0) is 12.8 Å². The molecule has 3 rings (SSSR count). The Kier molecular flexibility index (Phi) is 15.7. The number of fused-ring (bicyclic) bond motifs is 1. The summed E-state index contributed by atoms with van der Waals surface area (Å²) < 4.78 is 11.8. The molecule has 0 bridgehead atoms.